The molecule has 0 unspecified atom stereocenters. The molecule has 34 heavy (non-hydrogen) atoms. The Hall–Kier alpha value is -1.86. The van der Waals surface area contributed by atoms with Crippen LogP contribution >= 0.6 is 11.8 Å². The van der Waals surface area contributed by atoms with Crippen molar-refractivity contribution in [3.8, 4) is 16.9 Å². The second-order valence-electron chi connectivity index (χ2n) is 6.88. The monoisotopic (exact) mass is 523 g/mol. The van der Waals surface area contributed by atoms with Crippen molar-refractivity contribution >= 4 is 27.7 Å². The number of aromatic nitrogens is 2. The first-order chi connectivity index (χ1) is 15.5. The van der Waals surface area contributed by atoms with E-state index in [2.05, 4.69) is 9.82 Å². The van der Waals surface area contributed by atoms with E-state index in [9.17, 15) is 30.8 Å². The van der Waals surface area contributed by atoms with E-state index in [-0.39, 0.29) is 41.7 Å². The molecular formula is C21H18F4N3NaO3S2. The van der Waals surface area contributed by atoms with E-state index in [0.717, 1.165) is 27.8 Å². The van der Waals surface area contributed by atoms with Gasteiger partial charge in [0, 0.05) is 10.5 Å². The number of nitrogens with zero attached hydrogens (tertiary/aromatic N) is 3. The van der Waals surface area contributed by atoms with Crippen molar-refractivity contribution in [2.45, 2.75) is 35.7 Å². The molecule has 0 saturated carbocycles. The third-order valence-corrected chi connectivity index (χ3v) is 6.55. The van der Waals surface area contributed by atoms with Crippen LogP contribution in [0.3, 0.4) is 0 Å². The minimum Gasteiger partial charge on any atom is -0.542 e. The molecule has 0 bridgehead atoms. The van der Waals surface area contributed by atoms with Crippen LogP contribution in [0, 0.1) is 5.82 Å². The molecule has 0 N–H and O–H groups in total. The molecule has 1 aromatic heterocycles. The minimum absolute atomic E-state index is 0. The average Bonchev–Trinajstić information content (AvgIpc) is 3.19. The summed E-state index contributed by atoms with van der Waals surface area (Å²) in [7, 11) is -4.47. The molecule has 1 amide bonds. The van der Waals surface area contributed by atoms with E-state index in [4.69, 9.17) is 0 Å². The standard InChI is InChI=1S/C21H19F4N3O3S2.Na/c1-3-4-20(29)27-33(30,31)15-9-10-17(16(22)11-15)28-18(12-19(26-28)21(23,24)25)13-5-7-14(32-2)8-6-13;/h5-12H,3-4H2,1-2H3,(H,27,29);/q;+1/p-1. The maximum absolute atomic E-state index is 14.9. The zero-order chi connectivity index (χ0) is 24.4. The second-order valence-corrected chi connectivity index (χ2v) is 9.36. The number of sulfonamides is 1. The van der Waals surface area contributed by atoms with Crippen LogP contribution < -0.4 is 29.6 Å². The summed E-state index contributed by atoms with van der Waals surface area (Å²) in [5, 5.41) is 3.52. The minimum atomic E-state index is -4.78. The smallest absolute Gasteiger partial charge is 0.542 e. The maximum atomic E-state index is 14.9. The molecule has 0 atom stereocenters. The van der Waals surface area contributed by atoms with E-state index in [1.807, 2.05) is 6.26 Å². The van der Waals surface area contributed by atoms with Crippen molar-refractivity contribution < 1.29 is 60.3 Å². The van der Waals surface area contributed by atoms with Crippen molar-refractivity contribution in [3.05, 3.63) is 64.8 Å². The van der Waals surface area contributed by atoms with E-state index in [1.54, 1.807) is 31.2 Å². The van der Waals surface area contributed by atoms with Crippen LogP contribution in [-0.4, -0.2) is 30.4 Å². The molecule has 3 rings (SSSR count). The summed E-state index contributed by atoms with van der Waals surface area (Å²) in [6, 6.07) is 9.89. The summed E-state index contributed by atoms with van der Waals surface area (Å²) in [5.74, 6) is -2.02. The predicted molar refractivity (Wildman–Crippen MR) is 116 cm³/mol. The number of alkyl halides is 3. The molecule has 0 aliphatic carbocycles. The van der Waals surface area contributed by atoms with Gasteiger partial charge in [-0.1, -0.05) is 25.5 Å². The summed E-state index contributed by atoms with van der Waals surface area (Å²) in [5.41, 5.74) is -1.31. The number of rotatable bonds is 7. The van der Waals surface area contributed by atoms with Gasteiger partial charge in [0.25, 0.3) is 0 Å². The number of hydrogen-bond donors (Lipinski definition) is 0. The van der Waals surface area contributed by atoms with E-state index >= 15 is 0 Å². The Morgan fingerprint density at radius 1 is 1.12 bits per heavy atom. The molecule has 3 aromatic rings. The molecule has 13 heteroatoms. The largest absolute Gasteiger partial charge is 1.00 e. The molecule has 1 heterocycles. The first-order valence-electron chi connectivity index (χ1n) is 9.58. The summed E-state index contributed by atoms with van der Waals surface area (Å²) in [6.45, 7) is 1.67. The number of thioether (sulfide) groups is 1. The van der Waals surface area contributed by atoms with Gasteiger partial charge in [0.15, 0.2) is 5.69 Å². The van der Waals surface area contributed by atoms with Gasteiger partial charge in [0.2, 0.25) is 0 Å². The zero-order valence-electron chi connectivity index (χ0n) is 18.4. The van der Waals surface area contributed by atoms with Crippen LogP contribution in [0.1, 0.15) is 25.5 Å². The number of benzene rings is 2. The van der Waals surface area contributed by atoms with Gasteiger partial charge >= 0.3 is 35.7 Å². The second kappa shape index (κ2) is 11.3. The van der Waals surface area contributed by atoms with Crippen LogP contribution in [0.15, 0.2) is 58.3 Å². The van der Waals surface area contributed by atoms with E-state index in [0.29, 0.717) is 18.1 Å². The number of carbonyl (C=O) groups excluding carboxylic acids is 1. The first-order valence-corrected chi connectivity index (χ1v) is 12.2. The number of carbonyl (C=O) groups is 1. The van der Waals surface area contributed by atoms with Crippen molar-refractivity contribution in [3.63, 3.8) is 0 Å². The first kappa shape index (κ1) is 28.4. The average molecular weight is 524 g/mol. The molecule has 176 valence electrons. The molecular weight excluding hydrogens is 505 g/mol. The Kier molecular flexibility index (Phi) is 9.39. The van der Waals surface area contributed by atoms with E-state index < -0.39 is 44.2 Å². The third kappa shape index (κ3) is 6.42. The van der Waals surface area contributed by atoms with Crippen LogP contribution in [0.25, 0.3) is 21.7 Å². The Morgan fingerprint density at radius 3 is 2.29 bits per heavy atom. The van der Waals surface area contributed by atoms with Gasteiger partial charge in [-0.15, -0.1) is 11.8 Å². The number of amides is 1. The maximum Gasteiger partial charge on any atom is 1.00 e. The van der Waals surface area contributed by atoms with Crippen molar-refractivity contribution in [1.29, 1.82) is 0 Å². The topological polar surface area (TPSA) is 83.1 Å². The molecule has 6 nitrogen and oxygen atoms in total. The van der Waals surface area contributed by atoms with Gasteiger partial charge in [0.05, 0.1) is 16.5 Å². The normalized spacial score (nSPS) is 11.7. The van der Waals surface area contributed by atoms with Crippen LogP contribution in [-0.2, 0) is 21.0 Å². The van der Waals surface area contributed by atoms with Gasteiger partial charge in [-0.25, -0.2) is 17.5 Å². The van der Waals surface area contributed by atoms with Gasteiger partial charge in [-0.2, -0.15) is 18.3 Å². The quantitative estimate of drug-likeness (QED) is 0.270. The van der Waals surface area contributed by atoms with Crippen LogP contribution in [0.5, 0.6) is 0 Å². The molecule has 0 aliphatic heterocycles. The molecule has 0 fully saturated rings. The van der Waals surface area contributed by atoms with Crippen molar-refractivity contribution in [2.75, 3.05) is 6.26 Å². The van der Waals surface area contributed by atoms with Crippen LogP contribution in [0.4, 0.5) is 17.6 Å². The Labute approximate surface area is 220 Å². The molecule has 0 aliphatic rings. The fraction of sp³-hybridized carbons (Fsp3) is 0.238. The molecule has 0 saturated heterocycles. The summed E-state index contributed by atoms with van der Waals surface area (Å²) in [6.07, 6.45) is -2.65. The van der Waals surface area contributed by atoms with Crippen molar-refractivity contribution in [2.24, 2.45) is 0 Å². The number of hydrogen-bond acceptors (Lipinski definition) is 5. The van der Waals surface area contributed by atoms with Crippen molar-refractivity contribution in [1.82, 2.24) is 9.78 Å². The molecule has 0 radical (unpaired) electrons. The summed E-state index contributed by atoms with van der Waals surface area (Å²) < 4.78 is 83.4. The fourth-order valence-corrected chi connectivity index (χ4v) is 4.30. The summed E-state index contributed by atoms with van der Waals surface area (Å²) >= 11 is 1.44. The fourth-order valence-electron chi connectivity index (χ4n) is 2.94. The van der Waals surface area contributed by atoms with Gasteiger partial charge in [-0.05, 0) is 49.1 Å². The predicted octanol–water partition coefficient (Wildman–Crippen LogP) is 2.81. The van der Waals surface area contributed by atoms with Gasteiger partial charge < -0.3 is 9.52 Å². The Balaban J connectivity index is 0.00000408. The van der Waals surface area contributed by atoms with Gasteiger partial charge in [-0.3, -0.25) is 0 Å². The zero-order valence-corrected chi connectivity index (χ0v) is 22.1. The molecule has 0 spiro atoms. The Bertz CT molecular complexity index is 1280. The molecule has 2 aromatic carbocycles. The van der Waals surface area contributed by atoms with Gasteiger partial charge in [0.1, 0.15) is 21.5 Å². The van der Waals surface area contributed by atoms with E-state index in [1.165, 1.54) is 11.8 Å². The van der Waals surface area contributed by atoms with Crippen LogP contribution in [0.2, 0.25) is 0 Å². The summed E-state index contributed by atoms with van der Waals surface area (Å²) in [4.78, 5) is 11.9. The number of halogens is 4. The Morgan fingerprint density at radius 2 is 1.76 bits per heavy atom. The SMILES string of the molecule is CCCC(=O)[N-]S(=O)(=O)c1ccc(-n2nc(C(F)(F)F)cc2-c2ccc(SC)cc2)c(F)c1.[Na+]. The third-order valence-electron chi connectivity index (χ3n) is 4.52.